The number of para-hydroxylation sites is 1. The third-order valence-electron chi connectivity index (χ3n) is 3.63. The monoisotopic (exact) mass is 286 g/mol. The Labute approximate surface area is 119 Å². The molecule has 1 aliphatic rings. The summed E-state index contributed by atoms with van der Waals surface area (Å²) in [4.78, 5) is 2.33. The molecule has 1 aromatic rings. The van der Waals surface area contributed by atoms with Crippen LogP contribution >= 0.6 is 23.2 Å². The zero-order valence-corrected chi connectivity index (χ0v) is 12.6. The second kappa shape index (κ2) is 5.68. The van der Waals surface area contributed by atoms with Gasteiger partial charge >= 0.3 is 0 Å². The Hall–Kier alpha value is -0.440. The summed E-state index contributed by atoms with van der Waals surface area (Å²) in [6.45, 7) is 8.58. The summed E-state index contributed by atoms with van der Waals surface area (Å²) in [7, 11) is 0. The van der Waals surface area contributed by atoms with E-state index >= 15 is 0 Å². The predicted octanol–water partition coefficient (Wildman–Crippen LogP) is 3.82. The first-order valence-electron chi connectivity index (χ1n) is 6.44. The molecule has 100 valence electrons. The Kier molecular flexibility index (Phi) is 4.41. The van der Waals surface area contributed by atoms with E-state index in [0.29, 0.717) is 18.0 Å². The molecule has 1 saturated heterocycles. The molecule has 4 heteroatoms. The molecule has 2 nitrogen and oxygen atoms in total. The molecule has 0 spiro atoms. The molecule has 0 saturated carbocycles. The van der Waals surface area contributed by atoms with Crippen molar-refractivity contribution >= 4 is 28.9 Å². The van der Waals surface area contributed by atoms with E-state index in [2.05, 4.69) is 31.0 Å². The lowest BCUT2D eigenvalue weighted by molar-refractivity contribution is 0.337. The van der Waals surface area contributed by atoms with Crippen molar-refractivity contribution in [1.82, 2.24) is 5.32 Å². The summed E-state index contributed by atoms with van der Waals surface area (Å²) in [5.41, 5.74) is 0.973. The third kappa shape index (κ3) is 2.76. The van der Waals surface area contributed by atoms with Crippen LogP contribution in [0.3, 0.4) is 0 Å². The minimum atomic E-state index is 0.400. The van der Waals surface area contributed by atoms with Crippen molar-refractivity contribution < 1.29 is 0 Å². The lowest BCUT2D eigenvalue weighted by Crippen LogP contribution is -2.57. The highest BCUT2D eigenvalue weighted by Crippen LogP contribution is 2.35. The van der Waals surface area contributed by atoms with Gasteiger partial charge in [0, 0.05) is 25.2 Å². The van der Waals surface area contributed by atoms with Crippen molar-refractivity contribution in [1.29, 1.82) is 0 Å². The van der Waals surface area contributed by atoms with Gasteiger partial charge in [-0.15, -0.1) is 0 Å². The van der Waals surface area contributed by atoms with Gasteiger partial charge in [0.2, 0.25) is 0 Å². The summed E-state index contributed by atoms with van der Waals surface area (Å²) in [5, 5.41) is 5.05. The normalized spacial score (nSPS) is 24.7. The molecule has 1 fully saturated rings. The first-order valence-corrected chi connectivity index (χ1v) is 7.20. The van der Waals surface area contributed by atoms with Crippen LogP contribution in [0.1, 0.15) is 20.8 Å². The lowest BCUT2D eigenvalue weighted by atomic mass is 9.99. The smallest absolute Gasteiger partial charge is 0.0748 e. The predicted molar refractivity (Wildman–Crippen MR) is 79.9 cm³/mol. The fourth-order valence-electron chi connectivity index (χ4n) is 2.41. The third-order valence-corrected chi connectivity index (χ3v) is 4.24. The van der Waals surface area contributed by atoms with E-state index in [0.717, 1.165) is 28.8 Å². The summed E-state index contributed by atoms with van der Waals surface area (Å²) < 4.78 is 0. The maximum absolute atomic E-state index is 6.31. The van der Waals surface area contributed by atoms with Crippen LogP contribution in [0.4, 0.5) is 5.69 Å². The van der Waals surface area contributed by atoms with Gasteiger partial charge in [-0.05, 0) is 25.0 Å². The number of piperazine rings is 1. The molecule has 2 rings (SSSR count). The Morgan fingerprint density at radius 1 is 1.28 bits per heavy atom. The standard InChI is InChI=1S/C14H20Cl2N2/c1-9(2)13-8-18(10(3)7-17-13)14-11(15)5-4-6-12(14)16/h4-6,9-10,13,17H,7-8H2,1-3H3. The molecule has 1 heterocycles. The average Bonchev–Trinajstić information content (AvgIpc) is 2.30. The van der Waals surface area contributed by atoms with Crippen molar-refractivity contribution in [3.8, 4) is 0 Å². The molecule has 1 aliphatic heterocycles. The summed E-state index contributed by atoms with van der Waals surface area (Å²) in [5.74, 6) is 0.598. The first kappa shape index (κ1) is 14.0. The van der Waals surface area contributed by atoms with Crippen molar-refractivity contribution in [2.45, 2.75) is 32.9 Å². The Morgan fingerprint density at radius 2 is 1.89 bits per heavy atom. The first-order chi connectivity index (χ1) is 8.50. The van der Waals surface area contributed by atoms with Crippen molar-refractivity contribution in [3.63, 3.8) is 0 Å². The van der Waals surface area contributed by atoms with Crippen LogP contribution in [0.15, 0.2) is 18.2 Å². The number of hydrogen-bond acceptors (Lipinski definition) is 2. The zero-order chi connectivity index (χ0) is 13.3. The van der Waals surface area contributed by atoms with Crippen LogP contribution in [-0.4, -0.2) is 25.2 Å². The van der Waals surface area contributed by atoms with Crippen LogP contribution in [0.5, 0.6) is 0 Å². The van der Waals surface area contributed by atoms with E-state index in [1.165, 1.54) is 0 Å². The fraction of sp³-hybridized carbons (Fsp3) is 0.571. The molecule has 18 heavy (non-hydrogen) atoms. The number of rotatable bonds is 2. The lowest BCUT2D eigenvalue weighted by Gasteiger charge is -2.42. The van der Waals surface area contributed by atoms with Crippen molar-refractivity contribution in [2.24, 2.45) is 5.92 Å². The van der Waals surface area contributed by atoms with Crippen LogP contribution in [0, 0.1) is 5.92 Å². The number of nitrogens with one attached hydrogen (secondary N) is 1. The van der Waals surface area contributed by atoms with Gasteiger partial charge in [-0.2, -0.15) is 0 Å². The minimum Gasteiger partial charge on any atom is -0.364 e. The van der Waals surface area contributed by atoms with Crippen LogP contribution in [0.2, 0.25) is 10.0 Å². The van der Waals surface area contributed by atoms with Gasteiger partial charge in [0.1, 0.15) is 0 Å². The second-order valence-corrected chi connectivity index (χ2v) is 6.14. The number of halogens is 2. The highest BCUT2D eigenvalue weighted by molar-refractivity contribution is 6.39. The van der Waals surface area contributed by atoms with Crippen LogP contribution < -0.4 is 10.2 Å². The summed E-state index contributed by atoms with van der Waals surface area (Å²) in [6.07, 6.45) is 0. The SMILES string of the molecule is CC(C)C1CN(c2c(Cl)cccc2Cl)C(C)CN1. The van der Waals surface area contributed by atoms with Crippen molar-refractivity contribution in [3.05, 3.63) is 28.2 Å². The Balaban J connectivity index is 2.30. The molecule has 0 radical (unpaired) electrons. The highest BCUT2D eigenvalue weighted by atomic mass is 35.5. The van der Waals surface area contributed by atoms with Gasteiger partial charge in [0.15, 0.2) is 0 Å². The van der Waals surface area contributed by atoms with Gasteiger partial charge in [0.05, 0.1) is 15.7 Å². The Bertz CT molecular complexity index is 400. The van der Waals surface area contributed by atoms with E-state index < -0.39 is 0 Å². The van der Waals surface area contributed by atoms with Crippen LogP contribution in [0.25, 0.3) is 0 Å². The molecule has 1 N–H and O–H groups in total. The molecule has 0 aliphatic carbocycles. The molecule has 2 unspecified atom stereocenters. The molecular weight excluding hydrogens is 267 g/mol. The zero-order valence-electron chi connectivity index (χ0n) is 11.1. The number of nitrogens with zero attached hydrogens (tertiary/aromatic N) is 1. The topological polar surface area (TPSA) is 15.3 Å². The molecule has 0 aromatic heterocycles. The second-order valence-electron chi connectivity index (χ2n) is 5.33. The van der Waals surface area contributed by atoms with Crippen molar-refractivity contribution in [2.75, 3.05) is 18.0 Å². The van der Waals surface area contributed by atoms with E-state index in [9.17, 15) is 0 Å². The molecule has 0 bridgehead atoms. The van der Waals surface area contributed by atoms with E-state index in [1.54, 1.807) is 0 Å². The number of hydrogen-bond donors (Lipinski definition) is 1. The minimum absolute atomic E-state index is 0.400. The average molecular weight is 287 g/mol. The van der Waals surface area contributed by atoms with E-state index in [4.69, 9.17) is 23.2 Å². The van der Waals surface area contributed by atoms with Gasteiger partial charge in [-0.1, -0.05) is 43.1 Å². The van der Waals surface area contributed by atoms with E-state index in [1.807, 2.05) is 18.2 Å². The maximum Gasteiger partial charge on any atom is 0.0748 e. The quantitative estimate of drug-likeness (QED) is 0.889. The summed E-state index contributed by atoms with van der Waals surface area (Å²) >= 11 is 12.6. The van der Waals surface area contributed by atoms with Gasteiger partial charge in [-0.3, -0.25) is 0 Å². The maximum atomic E-state index is 6.31. The molecule has 0 amide bonds. The van der Waals surface area contributed by atoms with Gasteiger partial charge in [-0.25, -0.2) is 0 Å². The Morgan fingerprint density at radius 3 is 2.44 bits per heavy atom. The van der Waals surface area contributed by atoms with Gasteiger partial charge < -0.3 is 10.2 Å². The van der Waals surface area contributed by atoms with Gasteiger partial charge in [0.25, 0.3) is 0 Å². The summed E-state index contributed by atoms with van der Waals surface area (Å²) in [6, 6.07) is 6.58. The number of benzene rings is 1. The largest absolute Gasteiger partial charge is 0.364 e. The van der Waals surface area contributed by atoms with Crippen LogP contribution in [-0.2, 0) is 0 Å². The molecule has 1 aromatic carbocycles. The van der Waals surface area contributed by atoms with E-state index in [-0.39, 0.29) is 0 Å². The fourth-order valence-corrected chi connectivity index (χ4v) is 3.02. The number of anilines is 1. The molecular formula is C14H20Cl2N2. The highest BCUT2D eigenvalue weighted by Gasteiger charge is 2.29. The molecule has 2 atom stereocenters.